The fourth-order valence-electron chi connectivity index (χ4n) is 2.79. The van der Waals surface area contributed by atoms with Crippen molar-refractivity contribution in [1.82, 2.24) is 5.32 Å². The van der Waals surface area contributed by atoms with Crippen molar-refractivity contribution in [3.63, 3.8) is 0 Å². The van der Waals surface area contributed by atoms with Gasteiger partial charge in [0.05, 0.1) is 5.92 Å². The minimum Gasteiger partial charge on any atom is -0.481 e. The number of nitrogens with one attached hydrogen (secondary N) is 1. The van der Waals surface area contributed by atoms with Crippen molar-refractivity contribution < 1.29 is 29.0 Å². The van der Waals surface area contributed by atoms with E-state index in [2.05, 4.69) is 5.32 Å². The standard InChI is InChI=1S/C17H29NO6/c1-3-5-14(19)23-15(6-4-2)24-17(22)18-11-12-7-9-13(10-8-12)16(20)21/h12-13,15H,3-11H2,1-2H3,(H,18,22)(H,20,21)/t12-,13-,15?. The Hall–Kier alpha value is -1.79. The number of carbonyl (C=O) groups excluding carboxylic acids is 2. The largest absolute Gasteiger partial charge is 0.481 e. The molecule has 0 aliphatic heterocycles. The molecule has 24 heavy (non-hydrogen) atoms. The Labute approximate surface area is 143 Å². The number of ether oxygens (including phenoxy) is 2. The summed E-state index contributed by atoms with van der Waals surface area (Å²) >= 11 is 0. The van der Waals surface area contributed by atoms with Crippen molar-refractivity contribution in [2.45, 2.75) is 71.5 Å². The van der Waals surface area contributed by atoms with E-state index in [9.17, 15) is 14.4 Å². The fourth-order valence-corrected chi connectivity index (χ4v) is 2.79. The Bertz CT molecular complexity index is 417. The van der Waals surface area contributed by atoms with Gasteiger partial charge in [0, 0.05) is 19.4 Å². The number of alkyl carbamates (subject to hydrolysis) is 1. The van der Waals surface area contributed by atoms with Gasteiger partial charge in [0.25, 0.3) is 0 Å². The highest BCUT2D eigenvalue weighted by atomic mass is 16.7. The summed E-state index contributed by atoms with van der Waals surface area (Å²) in [5, 5.41) is 11.7. The maximum Gasteiger partial charge on any atom is 0.410 e. The average Bonchev–Trinajstić information content (AvgIpc) is 2.53. The van der Waals surface area contributed by atoms with Crippen molar-refractivity contribution in [3.05, 3.63) is 0 Å². The molecule has 0 radical (unpaired) electrons. The molecule has 1 amide bonds. The smallest absolute Gasteiger partial charge is 0.410 e. The SMILES string of the molecule is CCCC(=O)OC(CCC)OC(=O)NC[C@H]1CC[C@H](C(=O)O)CC1. The van der Waals surface area contributed by atoms with Crippen LogP contribution >= 0.6 is 0 Å². The van der Waals surface area contributed by atoms with E-state index >= 15 is 0 Å². The van der Waals surface area contributed by atoms with Crippen molar-refractivity contribution in [1.29, 1.82) is 0 Å². The topological polar surface area (TPSA) is 102 Å². The van der Waals surface area contributed by atoms with Gasteiger partial charge in [0.2, 0.25) is 6.29 Å². The Morgan fingerprint density at radius 3 is 2.29 bits per heavy atom. The molecule has 2 N–H and O–H groups in total. The van der Waals surface area contributed by atoms with Gasteiger partial charge in [0.1, 0.15) is 0 Å². The molecule has 0 saturated heterocycles. The van der Waals surface area contributed by atoms with Crippen LogP contribution in [-0.2, 0) is 19.1 Å². The second kappa shape index (κ2) is 10.9. The molecule has 0 spiro atoms. The third kappa shape index (κ3) is 7.66. The summed E-state index contributed by atoms with van der Waals surface area (Å²) in [6, 6.07) is 0. The molecule has 0 heterocycles. The first-order valence-electron chi connectivity index (χ1n) is 8.83. The summed E-state index contributed by atoms with van der Waals surface area (Å²) in [6.07, 6.45) is 3.58. The van der Waals surface area contributed by atoms with Crippen LogP contribution < -0.4 is 5.32 Å². The van der Waals surface area contributed by atoms with E-state index in [1.807, 2.05) is 13.8 Å². The molecule has 7 heteroatoms. The van der Waals surface area contributed by atoms with E-state index in [4.69, 9.17) is 14.6 Å². The highest BCUT2D eigenvalue weighted by molar-refractivity contribution is 5.71. The van der Waals surface area contributed by atoms with Gasteiger partial charge in [0.15, 0.2) is 0 Å². The van der Waals surface area contributed by atoms with Crippen LogP contribution in [0, 0.1) is 11.8 Å². The number of carbonyl (C=O) groups is 3. The van der Waals surface area contributed by atoms with Crippen molar-refractivity contribution in [3.8, 4) is 0 Å². The molecule has 0 aromatic heterocycles. The normalized spacial score (nSPS) is 21.6. The molecule has 1 saturated carbocycles. The van der Waals surface area contributed by atoms with E-state index < -0.39 is 18.4 Å². The molecular formula is C17H29NO6. The lowest BCUT2D eigenvalue weighted by Gasteiger charge is -2.26. The molecule has 1 aliphatic carbocycles. The second-order valence-corrected chi connectivity index (χ2v) is 6.30. The lowest BCUT2D eigenvalue weighted by atomic mass is 9.82. The molecule has 7 nitrogen and oxygen atoms in total. The summed E-state index contributed by atoms with van der Waals surface area (Å²) in [5.41, 5.74) is 0. The zero-order chi connectivity index (χ0) is 17.9. The van der Waals surface area contributed by atoms with Gasteiger partial charge in [-0.25, -0.2) is 4.79 Å². The van der Waals surface area contributed by atoms with Gasteiger partial charge in [-0.2, -0.15) is 0 Å². The van der Waals surface area contributed by atoms with Crippen LogP contribution in [0.5, 0.6) is 0 Å². The van der Waals surface area contributed by atoms with Gasteiger partial charge < -0.3 is 19.9 Å². The zero-order valence-corrected chi connectivity index (χ0v) is 14.6. The van der Waals surface area contributed by atoms with Crippen LogP contribution in [0.2, 0.25) is 0 Å². The summed E-state index contributed by atoms with van der Waals surface area (Å²) < 4.78 is 10.3. The summed E-state index contributed by atoms with van der Waals surface area (Å²) in [4.78, 5) is 34.3. The van der Waals surface area contributed by atoms with Crippen molar-refractivity contribution in [2.24, 2.45) is 11.8 Å². The molecule has 1 atom stereocenters. The lowest BCUT2D eigenvalue weighted by Crippen LogP contribution is -2.35. The number of amides is 1. The highest BCUT2D eigenvalue weighted by Gasteiger charge is 2.26. The number of hydrogen-bond donors (Lipinski definition) is 2. The van der Waals surface area contributed by atoms with Gasteiger partial charge in [-0.1, -0.05) is 13.8 Å². The first-order chi connectivity index (χ1) is 11.5. The Kier molecular flexibility index (Phi) is 9.19. The van der Waals surface area contributed by atoms with E-state index in [0.717, 1.165) is 19.3 Å². The van der Waals surface area contributed by atoms with E-state index in [1.165, 1.54) is 0 Å². The van der Waals surface area contributed by atoms with E-state index in [1.54, 1.807) is 0 Å². The molecule has 1 aliphatic rings. The summed E-state index contributed by atoms with van der Waals surface area (Å²) in [7, 11) is 0. The molecule has 0 bridgehead atoms. The third-order valence-electron chi connectivity index (χ3n) is 4.21. The molecular weight excluding hydrogens is 314 g/mol. The van der Waals surface area contributed by atoms with Gasteiger partial charge in [-0.3, -0.25) is 9.59 Å². The van der Waals surface area contributed by atoms with Crippen molar-refractivity contribution in [2.75, 3.05) is 6.54 Å². The Balaban J connectivity index is 2.30. The number of carboxylic acid groups (broad SMARTS) is 1. The minimum absolute atomic E-state index is 0.264. The minimum atomic E-state index is -0.850. The van der Waals surface area contributed by atoms with Gasteiger partial charge in [-0.15, -0.1) is 0 Å². The third-order valence-corrected chi connectivity index (χ3v) is 4.21. The quantitative estimate of drug-likeness (QED) is 0.493. The van der Waals surface area contributed by atoms with Crippen LogP contribution in [0.1, 0.15) is 65.2 Å². The number of rotatable bonds is 9. The first kappa shape index (κ1) is 20.3. The zero-order valence-electron chi connectivity index (χ0n) is 14.6. The lowest BCUT2D eigenvalue weighted by molar-refractivity contribution is -0.168. The van der Waals surface area contributed by atoms with Crippen LogP contribution in [0.25, 0.3) is 0 Å². The molecule has 1 rings (SSSR count). The average molecular weight is 343 g/mol. The predicted octanol–water partition coefficient (Wildman–Crippen LogP) is 3.07. The molecule has 0 aromatic rings. The Morgan fingerprint density at radius 2 is 1.75 bits per heavy atom. The monoisotopic (exact) mass is 343 g/mol. The van der Waals surface area contributed by atoms with Crippen LogP contribution in [0.3, 0.4) is 0 Å². The number of aliphatic carboxylic acids is 1. The maximum atomic E-state index is 11.9. The molecule has 138 valence electrons. The predicted molar refractivity (Wildman–Crippen MR) is 87.3 cm³/mol. The molecule has 0 aromatic carbocycles. The maximum absolute atomic E-state index is 11.9. The Morgan fingerprint density at radius 1 is 1.08 bits per heavy atom. The van der Waals surface area contributed by atoms with Crippen LogP contribution in [0.15, 0.2) is 0 Å². The van der Waals surface area contributed by atoms with E-state index in [0.29, 0.717) is 38.6 Å². The fraction of sp³-hybridized carbons (Fsp3) is 0.824. The number of esters is 1. The summed E-state index contributed by atoms with van der Waals surface area (Å²) in [5.74, 6) is -1.10. The van der Waals surface area contributed by atoms with E-state index in [-0.39, 0.29) is 17.8 Å². The summed E-state index contributed by atoms with van der Waals surface area (Å²) in [6.45, 7) is 4.25. The van der Waals surface area contributed by atoms with Gasteiger partial charge >= 0.3 is 18.0 Å². The molecule has 1 unspecified atom stereocenters. The van der Waals surface area contributed by atoms with Crippen LogP contribution in [-0.4, -0.2) is 36.0 Å². The number of carboxylic acids is 1. The highest BCUT2D eigenvalue weighted by Crippen LogP contribution is 2.28. The molecule has 1 fully saturated rings. The first-order valence-corrected chi connectivity index (χ1v) is 8.83. The van der Waals surface area contributed by atoms with Crippen molar-refractivity contribution >= 4 is 18.0 Å². The van der Waals surface area contributed by atoms with Crippen LogP contribution in [0.4, 0.5) is 4.79 Å². The second-order valence-electron chi connectivity index (χ2n) is 6.30. The van der Waals surface area contributed by atoms with Gasteiger partial charge in [-0.05, 0) is 44.4 Å². The number of hydrogen-bond acceptors (Lipinski definition) is 5.